The molecule has 0 bridgehead atoms. The molecule has 0 radical (unpaired) electrons. The van der Waals surface area contributed by atoms with Crippen LogP contribution in [0.3, 0.4) is 0 Å². The highest BCUT2D eigenvalue weighted by Gasteiger charge is 1.98. The zero-order valence-corrected chi connectivity index (χ0v) is 8.86. The van der Waals surface area contributed by atoms with Crippen LogP contribution in [0.4, 0.5) is 5.69 Å². The number of amides is 1. The normalized spacial score (nSPS) is 10.3. The molecule has 0 aromatic carbocycles. The first kappa shape index (κ1) is 11.2. The summed E-state index contributed by atoms with van der Waals surface area (Å²) in [7, 11) is 0. The number of carbonyl (C=O) groups is 1. The van der Waals surface area contributed by atoms with Gasteiger partial charge in [-0.15, -0.1) is 0 Å². The third-order valence-corrected chi connectivity index (χ3v) is 1.61. The van der Waals surface area contributed by atoms with Crippen LogP contribution in [-0.4, -0.2) is 17.5 Å². The summed E-state index contributed by atoms with van der Waals surface area (Å²) in [5.74, 6) is 0.394. The van der Waals surface area contributed by atoms with E-state index in [0.29, 0.717) is 18.2 Å². The smallest absolute Gasteiger partial charge is 0.248 e. The summed E-state index contributed by atoms with van der Waals surface area (Å²) in [6, 6.07) is 3.47. The predicted molar refractivity (Wildman–Crippen MR) is 58.8 cm³/mol. The molecular formula is C11H14N2O2. The van der Waals surface area contributed by atoms with Crippen LogP contribution < -0.4 is 10.1 Å². The van der Waals surface area contributed by atoms with Crippen LogP contribution in [0.1, 0.15) is 13.8 Å². The molecule has 4 nitrogen and oxygen atoms in total. The Morgan fingerprint density at radius 3 is 2.93 bits per heavy atom. The lowest BCUT2D eigenvalue weighted by Crippen LogP contribution is -2.07. The molecule has 1 heterocycles. The summed E-state index contributed by atoms with van der Waals surface area (Å²) in [6.45, 7) is 4.26. The molecule has 1 amide bonds. The van der Waals surface area contributed by atoms with Crippen molar-refractivity contribution in [3.05, 3.63) is 30.5 Å². The maximum Gasteiger partial charge on any atom is 0.248 e. The number of hydrogen-bond acceptors (Lipinski definition) is 3. The molecule has 1 N–H and O–H groups in total. The van der Waals surface area contributed by atoms with Crippen molar-refractivity contribution in [2.24, 2.45) is 0 Å². The number of pyridine rings is 1. The molecule has 1 rings (SSSR count). The standard InChI is InChI=1S/C11H14N2O2/c1-3-5-10(14)13-9-6-7-11(12-8-9)15-4-2/h3,5-8H,4H2,1-2H3,(H,13,14). The van der Waals surface area contributed by atoms with E-state index in [1.54, 1.807) is 31.3 Å². The van der Waals surface area contributed by atoms with Crippen LogP contribution in [-0.2, 0) is 4.79 Å². The van der Waals surface area contributed by atoms with Gasteiger partial charge in [-0.1, -0.05) is 6.08 Å². The molecule has 0 atom stereocenters. The number of allylic oxidation sites excluding steroid dienone is 1. The van der Waals surface area contributed by atoms with E-state index < -0.39 is 0 Å². The fraction of sp³-hybridized carbons (Fsp3) is 0.273. The van der Waals surface area contributed by atoms with E-state index in [-0.39, 0.29) is 5.91 Å². The third kappa shape index (κ3) is 3.81. The van der Waals surface area contributed by atoms with Crippen molar-refractivity contribution < 1.29 is 9.53 Å². The second kappa shape index (κ2) is 5.80. The summed E-state index contributed by atoms with van der Waals surface area (Å²) in [6.07, 6.45) is 4.69. The second-order valence-corrected chi connectivity index (χ2v) is 2.81. The highest BCUT2D eigenvalue weighted by molar-refractivity contribution is 5.99. The number of ether oxygens (including phenoxy) is 1. The number of rotatable bonds is 4. The van der Waals surface area contributed by atoms with Crippen molar-refractivity contribution in [3.63, 3.8) is 0 Å². The molecule has 1 aromatic rings. The highest BCUT2D eigenvalue weighted by Crippen LogP contribution is 2.11. The Balaban J connectivity index is 2.60. The predicted octanol–water partition coefficient (Wildman–Crippen LogP) is 1.99. The molecule has 0 aliphatic rings. The van der Waals surface area contributed by atoms with Gasteiger partial charge in [-0.3, -0.25) is 4.79 Å². The van der Waals surface area contributed by atoms with E-state index in [0.717, 1.165) is 0 Å². The number of carbonyl (C=O) groups excluding carboxylic acids is 1. The average Bonchev–Trinajstić information content (AvgIpc) is 2.22. The van der Waals surface area contributed by atoms with Crippen molar-refractivity contribution in [2.45, 2.75) is 13.8 Å². The summed E-state index contributed by atoms with van der Waals surface area (Å²) >= 11 is 0. The van der Waals surface area contributed by atoms with Crippen LogP contribution in [0, 0.1) is 0 Å². The molecule has 0 aliphatic carbocycles. The van der Waals surface area contributed by atoms with Crippen LogP contribution in [0.2, 0.25) is 0 Å². The SMILES string of the molecule is CC=CC(=O)Nc1ccc(OCC)nc1. The van der Waals surface area contributed by atoms with Crippen molar-refractivity contribution in [1.29, 1.82) is 0 Å². The minimum absolute atomic E-state index is 0.163. The van der Waals surface area contributed by atoms with E-state index in [1.165, 1.54) is 6.08 Å². The number of nitrogens with one attached hydrogen (secondary N) is 1. The van der Waals surface area contributed by atoms with Gasteiger partial charge in [0.05, 0.1) is 18.5 Å². The van der Waals surface area contributed by atoms with Gasteiger partial charge in [-0.2, -0.15) is 0 Å². The zero-order valence-electron chi connectivity index (χ0n) is 8.86. The summed E-state index contributed by atoms with van der Waals surface area (Å²) in [5, 5.41) is 2.67. The fourth-order valence-corrected chi connectivity index (χ4v) is 1.02. The molecule has 0 spiro atoms. The van der Waals surface area contributed by atoms with Crippen molar-refractivity contribution in [2.75, 3.05) is 11.9 Å². The third-order valence-electron chi connectivity index (χ3n) is 1.61. The maximum absolute atomic E-state index is 11.2. The number of hydrogen-bond donors (Lipinski definition) is 1. The van der Waals surface area contributed by atoms with Gasteiger partial charge in [0, 0.05) is 6.07 Å². The topological polar surface area (TPSA) is 51.2 Å². The molecule has 15 heavy (non-hydrogen) atoms. The highest BCUT2D eigenvalue weighted by atomic mass is 16.5. The zero-order chi connectivity index (χ0) is 11.1. The molecule has 0 saturated carbocycles. The van der Waals surface area contributed by atoms with Gasteiger partial charge in [0.1, 0.15) is 0 Å². The second-order valence-electron chi connectivity index (χ2n) is 2.81. The lowest BCUT2D eigenvalue weighted by Gasteiger charge is -2.03. The van der Waals surface area contributed by atoms with E-state index in [1.807, 2.05) is 6.92 Å². The molecule has 80 valence electrons. The van der Waals surface area contributed by atoms with Crippen molar-refractivity contribution >= 4 is 11.6 Å². The Bertz CT molecular complexity index is 344. The summed E-state index contributed by atoms with van der Waals surface area (Å²) < 4.78 is 5.18. The van der Waals surface area contributed by atoms with E-state index in [4.69, 9.17) is 4.74 Å². The Hall–Kier alpha value is -1.84. The minimum atomic E-state index is -0.163. The van der Waals surface area contributed by atoms with Gasteiger partial charge in [-0.05, 0) is 26.0 Å². The molecular weight excluding hydrogens is 192 g/mol. The number of nitrogens with zero attached hydrogens (tertiary/aromatic N) is 1. The van der Waals surface area contributed by atoms with E-state index in [9.17, 15) is 4.79 Å². The van der Waals surface area contributed by atoms with Gasteiger partial charge >= 0.3 is 0 Å². The van der Waals surface area contributed by atoms with Gasteiger partial charge in [0.25, 0.3) is 0 Å². The number of anilines is 1. The first-order chi connectivity index (χ1) is 7.26. The lowest BCUT2D eigenvalue weighted by molar-refractivity contribution is -0.111. The number of aromatic nitrogens is 1. The Labute approximate surface area is 89.0 Å². The molecule has 0 fully saturated rings. The van der Waals surface area contributed by atoms with Gasteiger partial charge in [0.2, 0.25) is 11.8 Å². The largest absolute Gasteiger partial charge is 0.478 e. The molecule has 0 saturated heterocycles. The minimum Gasteiger partial charge on any atom is -0.478 e. The van der Waals surface area contributed by atoms with Crippen molar-refractivity contribution in [3.8, 4) is 5.88 Å². The fourth-order valence-electron chi connectivity index (χ4n) is 1.02. The van der Waals surface area contributed by atoms with Gasteiger partial charge < -0.3 is 10.1 Å². The van der Waals surface area contributed by atoms with Gasteiger partial charge in [-0.25, -0.2) is 4.98 Å². The first-order valence-electron chi connectivity index (χ1n) is 4.78. The van der Waals surface area contributed by atoms with Crippen LogP contribution in [0.15, 0.2) is 30.5 Å². The molecule has 1 aromatic heterocycles. The summed E-state index contributed by atoms with van der Waals surface area (Å²) in [5.41, 5.74) is 0.654. The van der Waals surface area contributed by atoms with Crippen molar-refractivity contribution in [1.82, 2.24) is 4.98 Å². The van der Waals surface area contributed by atoms with Crippen LogP contribution in [0.25, 0.3) is 0 Å². The monoisotopic (exact) mass is 206 g/mol. The molecule has 0 unspecified atom stereocenters. The average molecular weight is 206 g/mol. The van der Waals surface area contributed by atoms with E-state index >= 15 is 0 Å². The van der Waals surface area contributed by atoms with Crippen LogP contribution >= 0.6 is 0 Å². The van der Waals surface area contributed by atoms with Crippen LogP contribution in [0.5, 0.6) is 5.88 Å². The Morgan fingerprint density at radius 1 is 1.60 bits per heavy atom. The Morgan fingerprint density at radius 2 is 2.40 bits per heavy atom. The Kier molecular flexibility index (Phi) is 4.34. The maximum atomic E-state index is 11.2. The lowest BCUT2D eigenvalue weighted by atomic mass is 10.4. The first-order valence-corrected chi connectivity index (χ1v) is 4.78. The molecule has 4 heteroatoms. The molecule has 0 aliphatic heterocycles. The quantitative estimate of drug-likeness (QED) is 0.766. The van der Waals surface area contributed by atoms with Gasteiger partial charge in [0.15, 0.2) is 0 Å². The van der Waals surface area contributed by atoms with E-state index in [2.05, 4.69) is 10.3 Å². The summed E-state index contributed by atoms with van der Waals surface area (Å²) in [4.78, 5) is 15.2.